The normalized spacial score (nSPS) is 20.8. The van der Waals surface area contributed by atoms with Crippen molar-refractivity contribution in [1.82, 2.24) is 5.32 Å². The van der Waals surface area contributed by atoms with Crippen LogP contribution in [0, 0.1) is 0 Å². The van der Waals surface area contributed by atoms with Gasteiger partial charge in [0.15, 0.2) is 0 Å². The van der Waals surface area contributed by atoms with Crippen LogP contribution in [0.25, 0.3) is 0 Å². The molecule has 0 aromatic heterocycles. The Labute approximate surface area is 112 Å². The third kappa shape index (κ3) is 3.99. The lowest BCUT2D eigenvalue weighted by Gasteiger charge is -2.39. The van der Waals surface area contributed by atoms with Crippen molar-refractivity contribution in [2.75, 3.05) is 19.8 Å². The molecule has 3 nitrogen and oxygen atoms in total. The highest BCUT2D eigenvalue weighted by Gasteiger charge is 2.35. The van der Waals surface area contributed by atoms with Gasteiger partial charge < -0.3 is 14.8 Å². The van der Waals surface area contributed by atoms with Crippen LogP contribution in [-0.2, 0) is 9.47 Å². The summed E-state index contributed by atoms with van der Waals surface area (Å²) in [5.74, 6) is 0. The third-order valence-electron chi connectivity index (χ3n) is 3.72. The Bertz CT molecular complexity index is 265. The molecule has 0 amide bonds. The molecule has 0 aromatic rings. The summed E-state index contributed by atoms with van der Waals surface area (Å²) >= 11 is 0. The van der Waals surface area contributed by atoms with Crippen LogP contribution in [0.1, 0.15) is 53.4 Å². The summed E-state index contributed by atoms with van der Waals surface area (Å²) in [6, 6.07) is 0.266. The number of nitrogens with one attached hydrogen (secondary N) is 1. The lowest BCUT2D eigenvalue weighted by molar-refractivity contribution is -0.0485. The molecule has 2 atom stereocenters. The van der Waals surface area contributed by atoms with Crippen LogP contribution >= 0.6 is 0 Å². The van der Waals surface area contributed by atoms with Crippen LogP contribution in [0.15, 0.2) is 11.8 Å². The maximum atomic E-state index is 6.03. The van der Waals surface area contributed by atoms with Gasteiger partial charge >= 0.3 is 0 Å². The number of rotatable bonds is 8. The highest BCUT2D eigenvalue weighted by molar-refractivity contribution is 5.16. The summed E-state index contributed by atoms with van der Waals surface area (Å²) in [6.45, 7) is 11.3. The monoisotopic (exact) mass is 255 g/mol. The molecule has 0 fully saturated rings. The molecular formula is C15H29NO2. The fourth-order valence-corrected chi connectivity index (χ4v) is 2.54. The molecule has 1 N–H and O–H groups in total. The zero-order valence-electron chi connectivity index (χ0n) is 12.4. The van der Waals surface area contributed by atoms with Gasteiger partial charge in [0, 0.05) is 6.61 Å². The molecule has 0 radical (unpaired) electrons. The summed E-state index contributed by atoms with van der Waals surface area (Å²) in [4.78, 5) is 0. The molecule has 3 heteroatoms. The predicted molar refractivity (Wildman–Crippen MR) is 75.7 cm³/mol. The van der Waals surface area contributed by atoms with E-state index in [0.29, 0.717) is 0 Å². The van der Waals surface area contributed by atoms with Gasteiger partial charge in [-0.05, 0) is 51.6 Å². The fourth-order valence-electron chi connectivity index (χ4n) is 2.54. The number of ether oxygens (including phenoxy) is 2. The van der Waals surface area contributed by atoms with Gasteiger partial charge in [-0.2, -0.15) is 0 Å². The minimum Gasteiger partial charge on any atom is -0.501 e. The lowest BCUT2D eigenvalue weighted by atomic mass is 9.85. The zero-order chi connectivity index (χ0) is 13.4. The van der Waals surface area contributed by atoms with Crippen molar-refractivity contribution in [3.63, 3.8) is 0 Å². The molecule has 0 saturated heterocycles. The van der Waals surface area contributed by atoms with Crippen LogP contribution in [0.2, 0.25) is 0 Å². The van der Waals surface area contributed by atoms with Gasteiger partial charge in [0.2, 0.25) is 0 Å². The maximum absolute atomic E-state index is 6.03. The van der Waals surface area contributed by atoms with Crippen molar-refractivity contribution in [2.45, 2.75) is 65.0 Å². The molecule has 0 saturated carbocycles. The highest BCUT2D eigenvalue weighted by Crippen LogP contribution is 2.29. The van der Waals surface area contributed by atoms with E-state index in [-0.39, 0.29) is 11.6 Å². The first-order valence-electron chi connectivity index (χ1n) is 7.35. The Morgan fingerprint density at radius 1 is 1.44 bits per heavy atom. The molecule has 1 heterocycles. The topological polar surface area (TPSA) is 30.5 Å². The van der Waals surface area contributed by atoms with Crippen LogP contribution in [0.3, 0.4) is 0 Å². The quantitative estimate of drug-likeness (QED) is 0.722. The van der Waals surface area contributed by atoms with Crippen molar-refractivity contribution >= 4 is 0 Å². The molecule has 1 aliphatic heterocycles. The number of hydrogen-bond donors (Lipinski definition) is 1. The average molecular weight is 255 g/mol. The summed E-state index contributed by atoms with van der Waals surface area (Å²) in [5, 5.41) is 3.64. The van der Waals surface area contributed by atoms with E-state index in [9.17, 15) is 0 Å². The van der Waals surface area contributed by atoms with Crippen LogP contribution < -0.4 is 5.32 Å². The Balaban J connectivity index is 2.83. The lowest BCUT2D eigenvalue weighted by Crippen LogP contribution is -2.52. The minimum atomic E-state index is -0.142. The van der Waals surface area contributed by atoms with Gasteiger partial charge in [0.1, 0.15) is 0 Å². The summed E-state index contributed by atoms with van der Waals surface area (Å²) in [7, 11) is 0. The van der Waals surface area contributed by atoms with E-state index in [0.717, 1.165) is 45.4 Å². The van der Waals surface area contributed by atoms with Gasteiger partial charge in [-0.15, -0.1) is 0 Å². The second-order valence-corrected chi connectivity index (χ2v) is 5.15. The summed E-state index contributed by atoms with van der Waals surface area (Å²) < 4.78 is 11.5. The van der Waals surface area contributed by atoms with E-state index in [2.05, 4.69) is 33.0 Å². The second-order valence-electron chi connectivity index (χ2n) is 5.15. The van der Waals surface area contributed by atoms with Crippen molar-refractivity contribution < 1.29 is 9.47 Å². The van der Waals surface area contributed by atoms with E-state index in [1.807, 2.05) is 6.26 Å². The molecule has 0 aliphatic carbocycles. The Morgan fingerprint density at radius 3 is 2.72 bits per heavy atom. The van der Waals surface area contributed by atoms with Gasteiger partial charge in [0.25, 0.3) is 0 Å². The number of hydrogen-bond acceptors (Lipinski definition) is 3. The van der Waals surface area contributed by atoms with Gasteiger partial charge in [0.05, 0.1) is 24.5 Å². The first kappa shape index (κ1) is 15.5. The van der Waals surface area contributed by atoms with Crippen LogP contribution in [-0.4, -0.2) is 31.4 Å². The largest absolute Gasteiger partial charge is 0.501 e. The van der Waals surface area contributed by atoms with E-state index in [4.69, 9.17) is 9.47 Å². The van der Waals surface area contributed by atoms with Gasteiger partial charge in [-0.1, -0.05) is 13.8 Å². The molecule has 106 valence electrons. The predicted octanol–water partition coefficient (Wildman–Crippen LogP) is 3.25. The molecule has 1 aliphatic rings. The van der Waals surface area contributed by atoms with E-state index in [1.54, 1.807) is 0 Å². The highest BCUT2D eigenvalue weighted by atomic mass is 16.5. The third-order valence-corrected chi connectivity index (χ3v) is 3.72. The van der Waals surface area contributed by atoms with E-state index < -0.39 is 0 Å². The Hall–Kier alpha value is -0.540. The molecule has 0 bridgehead atoms. The van der Waals surface area contributed by atoms with Crippen LogP contribution in [0.4, 0.5) is 0 Å². The summed E-state index contributed by atoms with van der Waals surface area (Å²) in [6.07, 6.45) is 6.31. The van der Waals surface area contributed by atoms with E-state index >= 15 is 0 Å². The van der Waals surface area contributed by atoms with Gasteiger partial charge in [-0.25, -0.2) is 0 Å². The smallest absolute Gasteiger partial charge is 0.0876 e. The molecule has 18 heavy (non-hydrogen) atoms. The molecule has 2 unspecified atom stereocenters. The van der Waals surface area contributed by atoms with Crippen molar-refractivity contribution in [2.24, 2.45) is 0 Å². The van der Waals surface area contributed by atoms with E-state index in [1.165, 1.54) is 5.57 Å². The Kier molecular flexibility index (Phi) is 6.72. The first-order valence-corrected chi connectivity index (χ1v) is 7.35. The van der Waals surface area contributed by atoms with Crippen LogP contribution in [0.5, 0.6) is 0 Å². The van der Waals surface area contributed by atoms with Crippen molar-refractivity contribution in [3.8, 4) is 0 Å². The van der Waals surface area contributed by atoms with Gasteiger partial charge in [-0.3, -0.25) is 0 Å². The Morgan fingerprint density at radius 2 is 2.22 bits per heavy atom. The second kappa shape index (κ2) is 7.80. The SMILES string of the molecule is CCCNC(C1=COCCC1)C(C)(CC)OCC. The standard InChI is InChI=1S/C15H29NO2/c1-5-10-16-14(13-9-8-11-17-12-13)15(4,6-2)18-7-3/h12,14,16H,5-11H2,1-4H3. The van der Waals surface area contributed by atoms with Crippen molar-refractivity contribution in [3.05, 3.63) is 11.8 Å². The minimum absolute atomic E-state index is 0.142. The zero-order valence-corrected chi connectivity index (χ0v) is 12.4. The molecular weight excluding hydrogens is 226 g/mol. The first-order chi connectivity index (χ1) is 8.68. The molecule has 1 rings (SSSR count). The maximum Gasteiger partial charge on any atom is 0.0876 e. The van der Waals surface area contributed by atoms with Crippen molar-refractivity contribution in [1.29, 1.82) is 0 Å². The average Bonchev–Trinajstić information content (AvgIpc) is 2.40. The summed E-state index contributed by atoms with van der Waals surface area (Å²) in [5.41, 5.74) is 1.21. The molecule has 0 aromatic carbocycles. The fraction of sp³-hybridized carbons (Fsp3) is 0.867. The molecule has 0 spiro atoms.